The summed E-state index contributed by atoms with van der Waals surface area (Å²) in [6.07, 6.45) is 8.84. The van der Waals surface area contributed by atoms with Crippen LogP contribution in [-0.2, 0) is 6.54 Å². The number of aromatic nitrogens is 5. The molecule has 0 atom stereocenters. The molecule has 0 fully saturated rings. The van der Waals surface area contributed by atoms with E-state index in [-0.39, 0.29) is 5.92 Å². The van der Waals surface area contributed by atoms with E-state index in [1.54, 1.807) is 24.9 Å². The Kier molecular flexibility index (Phi) is 3.51. The zero-order chi connectivity index (χ0) is 14.8. The summed E-state index contributed by atoms with van der Waals surface area (Å²) in [6.45, 7) is 6.61. The van der Waals surface area contributed by atoms with E-state index in [2.05, 4.69) is 19.9 Å². The Morgan fingerprint density at radius 2 is 2.05 bits per heavy atom. The smallest absolute Gasteiger partial charge is 0.197 e. The van der Waals surface area contributed by atoms with Gasteiger partial charge in [0.25, 0.3) is 0 Å². The van der Waals surface area contributed by atoms with Gasteiger partial charge in [-0.1, -0.05) is 13.8 Å². The van der Waals surface area contributed by atoms with Gasteiger partial charge >= 0.3 is 0 Å². The van der Waals surface area contributed by atoms with Crippen molar-refractivity contribution in [3.8, 4) is 11.5 Å². The van der Waals surface area contributed by atoms with Gasteiger partial charge in [0, 0.05) is 24.5 Å². The number of oxazole rings is 1. The van der Waals surface area contributed by atoms with Gasteiger partial charge < -0.3 is 8.98 Å². The monoisotopic (exact) mass is 283 g/mol. The third-order valence-corrected chi connectivity index (χ3v) is 3.13. The Morgan fingerprint density at radius 3 is 2.71 bits per heavy atom. The maximum Gasteiger partial charge on any atom is 0.197 e. The van der Waals surface area contributed by atoms with Crippen LogP contribution in [0.5, 0.6) is 0 Å². The highest BCUT2D eigenvalue weighted by atomic mass is 16.3. The van der Waals surface area contributed by atoms with Crippen LogP contribution < -0.4 is 0 Å². The van der Waals surface area contributed by atoms with E-state index in [1.165, 1.54) is 0 Å². The fourth-order valence-electron chi connectivity index (χ4n) is 2.00. The first-order chi connectivity index (χ1) is 10.1. The summed E-state index contributed by atoms with van der Waals surface area (Å²) in [5.74, 6) is 1.74. The number of aryl methyl sites for hydroxylation is 1. The van der Waals surface area contributed by atoms with Crippen LogP contribution in [-0.4, -0.2) is 24.5 Å². The molecule has 0 amide bonds. The van der Waals surface area contributed by atoms with Gasteiger partial charge in [-0.25, -0.2) is 9.97 Å². The first-order valence-electron chi connectivity index (χ1n) is 6.88. The van der Waals surface area contributed by atoms with Gasteiger partial charge in [-0.15, -0.1) is 0 Å². The molecule has 0 aliphatic carbocycles. The zero-order valence-corrected chi connectivity index (χ0v) is 12.3. The standard InChI is InChI=1S/C15H17N5O/c1-10(2)15-19-13(9-21-15)14-16-4-5-20(14)8-12-7-17-11(3)6-18-12/h4-7,9-10H,8H2,1-3H3. The molecule has 3 heterocycles. The van der Waals surface area contributed by atoms with Gasteiger partial charge in [0.2, 0.25) is 0 Å². The molecule has 6 heteroatoms. The Morgan fingerprint density at radius 1 is 1.19 bits per heavy atom. The van der Waals surface area contributed by atoms with Gasteiger partial charge in [-0.3, -0.25) is 9.97 Å². The molecule has 0 N–H and O–H groups in total. The molecule has 3 aromatic heterocycles. The molecule has 0 bridgehead atoms. The molecule has 0 unspecified atom stereocenters. The van der Waals surface area contributed by atoms with Crippen molar-refractivity contribution in [2.45, 2.75) is 33.2 Å². The molecule has 108 valence electrons. The second-order valence-electron chi connectivity index (χ2n) is 5.25. The largest absolute Gasteiger partial charge is 0.448 e. The fourth-order valence-corrected chi connectivity index (χ4v) is 2.00. The second kappa shape index (κ2) is 5.47. The number of imidazole rings is 1. The molecule has 0 aliphatic rings. The molecule has 3 aromatic rings. The summed E-state index contributed by atoms with van der Waals surface area (Å²) >= 11 is 0. The molecule has 3 rings (SSSR count). The summed E-state index contributed by atoms with van der Waals surface area (Å²) < 4.78 is 7.47. The number of hydrogen-bond donors (Lipinski definition) is 0. The van der Waals surface area contributed by atoms with E-state index in [9.17, 15) is 0 Å². The molecular weight excluding hydrogens is 266 g/mol. The Hall–Kier alpha value is -2.50. The lowest BCUT2D eigenvalue weighted by Crippen LogP contribution is -2.04. The number of hydrogen-bond acceptors (Lipinski definition) is 5. The highest BCUT2D eigenvalue weighted by Crippen LogP contribution is 2.21. The van der Waals surface area contributed by atoms with Crippen LogP contribution in [0, 0.1) is 6.92 Å². The van der Waals surface area contributed by atoms with Crippen molar-refractivity contribution in [3.63, 3.8) is 0 Å². The molecule has 0 aliphatic heterocycles. The van der Waals surface area contributed by atoms with Crippen molar-refractivity contribution in [2.75, 3.05) is 0 Å². The van der Waals surface area contributed by atoms with Gasteiger partial charge in [0.05, 0.1) is 24.1 Å². The molecule has 6 nitrogen and oxygen atoms in total. The Bertz CT molecular complexity index is 727. The van der Waals surface area contributed by atoms with E-state index in [1.807, 2.05) is 31.5 Å². The average molecular weight is 283 g/mol. The van der Waals surface area contributed by atoms with Crippen molar-refractivity contribution in [1.29, 1.82) is 0 Å². The summed E-state index contributed by atoms with van der Waals surface area (Å²) in [6, 6.07) is 0. The van der Waals surface area contributed by atoms with Crippen LogP contribution in [0.4, 0.5) is 0 Å². The molecule has 0 saturated heterocycles. The number of rotatable bonds is 4. The van der Waals surface area contributed by atoms with E-state index < -0.39 is 0 Å². The maximum absolute atomic E-state index is 5.48. The van der Waals surface area contributed by atoms with Gasteiger partial charge in [0.15, 0.2) is 11.7 Å². The topological polar surface area (TPSA) is 69.6 Å². The lowest BCUT2D eigenvalue weighted by Gasteiger charge is -2.05. The van der Waals surface area contributed by atoms with Crippen molar-refractivity contribution in [2.24, 2.45) is 0 Å². The normalized spacial score (nSPS) is 11.2. The van der Waals surface area contributed by atoms with Crippen LogP contribution in [0.15, 0.2) is 35.5 Å². The lowest BCUT2D eigenvalue weighted by atomic mass is 10.2. The predicted octanol–water partition coefficient (Wildman–Crippen LogP) is 2.81. The molecule has 21 heavy (non-hydrogen) atoms. The van der Waals surface area contributed by atoms with Crippen molar-refractivity contribution in [1.82, 2.24) is 24.5 Å². The van der Waals surface area contributed by atoms with E-state index >= 15 is 0 Å². The molecular formula is C15H17N5O. The van der Waals surface area contributed by atoms with Crippen LogP contribution in [0.3, 0.4) is 0 Å². The predicted molar refractivity (Wildman–Crippen MR) is 77.7 cm³/mol. The van der Waals surface area contributed by atoms with Gasteiger partial charge in [-0.2, -0.15) is 0 Å². The van der Waals surface area contributed by atoms with E-state index in [4.69, 9.17) is 4.42 Å². The van der Waals surface area contributed by atoms with Crippen molar-refractivity contribution >= 4 is 0 Å². The summed E-state index contributed by atoms with van der Waals surface area (Å²) in [7, 11) is 0. The lowest BCUT2D eigenvalue weighted by molar-refractivity contribution is 0.471. The summed E-state index contributed by atoms with van der Waals surface area (Å²) in [4.78, 5) is 17.5. The second-order valence-corrected chi connectivity index (χ2v) is 5.25. The first kappa shape index (κ1) is 13.5. The highest BCUT2D eigenvalue weighted by molar-refractivity contribution is 5.48. The minimum absolute atomic E-state index is 0.255. The maximum atomic E-state index is 5.48. The average Bonchev–Trinajstić information content (AvgIpc) is 3.09. The van der Waals surface area contributed by atoms with Crippen LogP contribution >= 0.6 is 0 Å². The minimum atomic E-state index is 0.255. The minimum Gasteiger partial charge on any atom is -0.448 e. The first-order valence-corrected chi connectivity index (χ1v) is 6.88. The third kappa shape index (κ3) is 2.84. The molecule has 0 aromatic carbocycles. The third-order valence-electron chi connectivity index (χ3n) is 3.13. The van der Waals surface area contributed by atoms with Crippen LogP contribution in [0.1, 0.15) is 37.0 Å². The molecule has 0 radical (unpaired) electrons. The number of nitrogens with zero attached hydrogens (tertiary/aromatic N) is 5. The van der Waals surface area contributed by atoms with Gasteiger partial charge in [-0.05, 0) is 6.92 Å². The molecule has 0 spiro atoms. The molecule has 0 saturated carbocycles. The van der Waals surface area contributed by atoms with E-state index in [0.717, 1.165) is 28.8 Å². The van der Waals surface area contributed by atoms with Crippen LogP contribution in [0.2, 0.25) is 0 Å². The Labute approximate surface area is 122 Å². The summed E-state index contributed by atoms with van der Waals surface area (Å²) in [5, 5.41) is 0. The van der Waals surface area contributed by atoms with E-state index in [0.29, 0.717) is 6.54 Å². The van der Waals surface area contributed by atoms with Crippen molar-refractivity contribution < 1.29 is 4.42 Å². The summed E-state index contributed by atoms with van der Waals surface area (Å²) in [5.41, 5.74) is 2.53. The van der Waals surface area contributed by atoms with Crippen molar-refractivity contribution in [3.05, 3.63) is 48.3 Å². The zero-order valence-electron chi connectivity index (χ0n) is 12.3. The quantitative estimate of drug-likeness (QED) is 0.736. The highest BCUT2D eigenvalue weighted by Gasteiger charge is 2.14. The fraction of sp³-hybridized carbons (Fsp3) is 0.333. The van der Waals surface area contributed by atoms with Gasteiger partial charge in [0.1, 0.15) is 12.0 Å². The SMILES string of the molecule is Cc1cnc(Cn2ccnc2-c2coc(C(C)C)n2)cn1. The van der Waals surface area contributed by atoms with Crippen LogP contribution in [0.25, 0.3) is 11.5 Å². The Balaban J connectivity index is 1.87.